The number of carbonyl (C=O) groups excluding carboxylic acids is 1. The summed E-state index contributed by atoms with van der Waals surface area (Å²) in [5.41, 5.74) is 1.05. The lowest BCUT2D eigenvalue weighted by atomic mass is 9.66. The molecule has 2 aromatic carbocycles. The second kappa shape index (κ2) is 10.6. The molecule has 1 saturated carbocycles. The fourth-order valence-corrected chi connectivity index (χ4v) is 5.60. The van der Waals surface area contributed by atoms with Crippen LogP contribution in [0.3, 0.4) is 0 Å². The molecule has 0 radical (unpaired) electrons. The average Bonchev–Trinajstić information content (AvgIpc) is 2.90. The normalized spacial score (nSPS) is 24.1. The van der Waals surface area contributed by atoms with E-state index in [-0.39, 0.29) is 17.9 Å². The van der Waals surface area contributed by atoms with Crippen molar-refractivity contribution < 1.29 is 28.8 Å². The Hall–Kier alpha value is -3.19. The highest BCUT2D eigenvalue weighted by Crippen LogP contribution is 2.49. The Labute approximate surface area is 207 Å². The molecule has 1 amide bonds. The Balaban J connectivity index is 1.65. The number of benzene rings is 2. The highest BCUT2D eigenvalue weighted by Gasteiger charge is 2.49. The zero-order valence-electron chi connectivity index (χ0n) is 21.0. The maximum Gasteiger partial charge on any atom is 0.247 e. The van der Waals surface area contributed by atoms with Crippen LogP contribution in [0, 0.1) is 5.92 Å². The Morgan fingerprint density at radius 3 is 2.26 bits per heavy atom. The van der Waals surface area contributed by atoms with Gasteiger partial charge >= 0.3 is 0 Å². The van der Waals surface area contributed by atoms with Crippen LogP contribution in [0.1, 0.15) is 49.3 Å². The van der Waals surface area contributed by atoms with Crippen molar-refractivity contribution in [3.05, 3.63) is 53.6 Å². The van der Waals surface area contributed by atoms with Gasteiger partial charge in [-0.25, -0.2) is 0 Å². The topological polar surface area (TPSA) is 77.5 Å². The van der Waals surface area contributed by atoms with E-state index < -0.39 is 5.60 Å². The molecular weight excluding hydrogens is 446 g/mol. The minimum absolute atomic E-state index is 0.00285. The second-order valence-electron chi connectivity index (χ2n) is 9.25. The average molecular weight is 482 g/mol. The van der Waals surface area contributed by atoms with Gasteiger partial charge in [0.2, 0.25) is 11.7 Å². The van der Waals surface area contributed by atoms with Crippen LogP contribution >= 0.6 is 0 Å². The fraction of sp³-hybridized carbons (Fsp3) is 0.464. The first kappa shape index (κ1) is 24.9. The number of hydrogen-bond donors (Lipinski definition) is 1. The van der Waals surface area contributed by atoms with Crippen molar-refractivity contribution in [1.29, 1.82) is 0 Å². The molecule has 7 heteroatoms. The van der Waals surface area contributed by atoms with Gasteiger partial charge in [0, 0.05) is 18.5 Å². The van der Waals surface area contributed by atoms with Gasteiger partial charge in [0.25, 0.3) is 0 Å². The molecule has 1 saturated heterocycles. The van der Waals surface area contributed by atoms with Crippen molar-refractivity contribution in [1.82, 2.24) is 4.90 Å². The van der Waals surface area contributed by atoms with Crippen LogP contribution in [-0.2, 0) is 4.79 Å². The second-order valence-corrected chi connectivity index (χ2v) is 9.25. The molecule has 1 heterocycles. The smallest absolute Gasteiger partial charge is 0.247 e. The molecule has 2 aliphatic rings. The zero-order valence-corrected chi connectivity index (χ0v) is 21.0. The van der Waals surface area contributed by atoms with Gasteiger partial charge < -0.3 is 29.0 Å². The first-order chi connectivity index (χ1) is 16.9. The molecule has 35 heavy (non-hydrogen) atoms. The van der Waals surface area contributed by atoms with Gasteiger partial charge in [-0.2, -0.15) is 0 Å². The van der Waals surface area contributed by atoms with E-state index >= 15 is 0 Å². The van der Waals surface area contributed by atoms with Gasteiger partial charge in [0.15, 0.2) is 11.5 Å². The summed E-state index contributed by atoms with van der Waals surface area (Å²) in [6.45, 7) is 0.502. The lowest BCUT2D eigenvalue weighted by Gasteiger charge is -2.52. The molecule has 2 aromatic rings. The van der Waals surface area contributed by atoms with Crippen LogP contribution in [0.15, 0.2) is 42.5 Å². The Kier molecular flexibility index (Phi) is 7.55. The minimum Gasteiger partial charge on any atom is -0.497 e. The molecule has 0 aromatic heterocycles. The minimum atomic E-state index is -0.736. The number of hydrogen-bond acceptors (Lipinski definition) is 6. The Bertz CT molecular complexity index is 1040. The third-order valence-corrected chi connectivity index (χ3v) is 7.41. The molecule has 2 unspecified atom stereocenters. The molecule has 2 fully saturated rings. The molecule has 188 valence electrons. The van der Waals surface area contributed by atoms with Gasteiger partial charge in [-0.1, -0.05) is 25.0 Å². The van der Waals surface area contributed by atoms with Gasteiger partial charge in [-0.3, -0.25) is 4.79 Å². The van der Waals surface area contributed by atoms with Gasteiger partial charge in [-0.15, -0.1) is 0 Å². The highest BCUT2D eigenvalue weighted by molar-refractivity contribution is 5.92. The molecule has 1 aliphatic heterocycles. The van der Waals surface area contributed by atoms with E-state index in [2.05, 4.69) is 0 Å². The molecule has 4 rings (SSSR count). The predicted octanol–water partition coefficient (Wildman–Crippen LogP) is 4.63. The maximum absolute atomic E-state index is 13.5. The molecule has 0 bridgehead atoms. The number of nitrogens with zero attached hydrogens (tertiary/aromatic N) is 1. The molecule has 1 aliphatic carbocycles. The lowest BCUT2D eigenvalue weighted by molar-refractivity contribution is -0.150. The Morgan fingerprint density at radius 1 is 0.971 bits per heavy atom. The van der Waals surface area contributed by atoms with Crippen molar-refractivity contribution in [2.45, 2.75) is 43.7 Å². The van der Waals surface area contributed by atoms with Gasteiger partial charge in [0.1, 0.15) is 5.75 Å². The standard InChI is InChI=1S/C28H35NO6/c1-32-21-11-9-20(10-12-21)26-22-7-5-6-14-28(22,31)15-16-29(26)25(30)13-8-19-17-23(33-2)27(35-4)24(18-19)34-3/h8-13,17-18,22,26,31H,5-7,14-16H2,1-4H3/b13-8+/t22?,26-,28?/m0/s1. The third kappa shape index (κ3) is 4.96. The predicted molar refractivity (Wildman–Crippen MR) is 134 cm³/mol. The van der Waals surface area contributed by atoms with E-state index in [1.54, 1.807) is 40.6 Å². The fourth-order valence-electron chi connectivity index (χ4n) is 5.60. The van der Waals surface area contributed by atoms with Crippen LogP contribution in [0.5, 0.6) is 23.0 Å². The zero-order chi connectivity index (χ0) is 25.0. The first-order valence-electron chi connectivity index (χ1n) is 12.1. The summed E-state index contributed by atoms with van der Waals surface area (Å²) in [4.78, 5) is 15.4. The van der Waals surface area contributed by atoms with Crippen LogP contribution in [-0.4, -0.2) is 56.5 Å². The molecule has 7 nitrogen and oxygen atoms in total. The van der Waals surface area contributed by atoms with Crippen LogP contribution in [0.4, 0.5) is 0 Å². The molecular formula is C28H35NO6. The summed E-state index contributed by atoms with van der Waals surface area (Å²) in [5, 5.41) is 11.5. The van der Waals surface area contributed by atoms with Crippen LogP contribution in [0.2, 0.25) is 0 Å². The van der Waals surface area contributed by atoms with Crippen molar-refractivity contribution in [2.75, 3.05) is 35.0 Å². The number of aliphatic hydroxyl groups is 1. The van der Waals surface area contributed by atoms with E-state index in [1.807, 2.05) is 41.3 Å². The van der Waals surface area contributed by atoms with Crippen LogP contribution in [0.25, 0.3) is 6.08 Å². The number of fused-ring (bicyclic) bond motifs is 1. The quantitative estimate of drug-likeness (QED) is 0.581. The highest BCUT2D eigenvalue weighted by atomic mass is 16.5. The number of rotatable bonds is 7. The number of piperidine rings is 1. The SMILES string of the molecule is COc1ccc([C@H]2C3CCCCC3(O)CCN2C(=O)/C=C/c2cc(OC)c(OC)c(OC)c2)cc1. The molecule has 3 atom stereocenters. The Morgan fingerprint density at radius 2 is 1.66 bits per heavy atom. The van der Waals surface area contributed by atoms with E-state index in [0.717, 1.165) is 42.6 Å². The summed E-state index contributed by atoms with van der Waals surface area (Å²) in [6.07, 6.45) is 7.71. The number of methoxy groups -OCH3 is 4. The molecule has 1 N–H and O–H groups in total. The third-order valence-electron chi connectivity index (χ3n) is 7.41. The number of carbonyl (C=O) groups is 1. The van der Waals surface area contributed by atoms with Gasteiger partial charge in [0.05, 0.1) is 40.1 Å². The van der Waals surface area contributed by atoms with Crippen molar-refractivity contribution in [3.8, 4) is 23.0 Å². The number of amides is 1. The summed E-state index contributed by atoms with van der Waals surface area (Å²) in [7, 11) is 6.32. The summed E-state index contributed by atoms with van der Waals surface area (Å²) in [6, 6.07) is 11.3. The molecule has 0 spiro atoms. The monoisotopic (exact) mass is 481 g/mol. The van der Waals surface area contributed by atoms with E-state index in [1.165, 1.54) is 0 Å². The van der Waals surface area contributed by atoms with E-state index in [0.29, 0.717) is 30.2 Å². The van der Waals surface area contributed by atoms with Crippen molar-refractivity contribution >= 4 is 12.0 Å². The summed E-state index contributed by atoms with van der Waals surface area (Å²) < 4.78 is 21.6. The first-order valence-corrected chi connectivity index (χ1v) is 12.1. The van der Waals surface area contributed by atoms with Crippen molar-refractivity contribution in [2.24, 2.45) is 5.92 Å². The van der Waals surface area contributed by atoms with E-state index in [9.17, 15) is 9.90 Å². The van der Waals surface area contributed by atoms with E-state index in [4.69, 9.17) is 18.9 Å². The van der Waals surface area contributed by atoms with Crippen molar-refractivity contribution in [3.63, 3.8) is 0 Å². The summed E-state index contributed by atoms with van der Waals surface area (Å²) >= 11 is 0. The largest absolute Gasteiger partial charge is 0.497 e. The number of likely N-dealkylation sites (tertiary alicyclic amines) is 1. The number of ether oxygens (including phenoxy) is 4. The lowest BCUT2D eigenvalue weighted by Crippen LogP contribution is -2.56. The maximum atomic E-state index is 13.5. The van der Waals surface area contributed by atoms with Crippen LogP contribution < -0.4 is 18.9 Å². The van der Waals surface area contributed by atoms with Gasteiger partial charge in [-0.05, 0) is 60.7 Å². The summed E-state index contributed by atoms with van der Waals surface area (Å²) in [5.74, 6) is 2.24.